The van der Waals surface area contributed by atoms with Gasteiger partial charge in [0.25, 0.3) is 0 Å². The summed E-state index contributed by atoms with van der Waals surface area (Å²) in [6, 6.07) is 0.0542. The molecule has 1 aliphatic carbocycles. The van der Waals surface area contributed by atoms with E-state index in [1.807, 2.05) is 27.7 Å². The van der Waals surface area contributed by atoms with Crippen LogP contribution in [0.3, 0.4) is 0 Å². The Labute approximate surface area is 108 Å². The summed E-state index contributed by atoms with van der Waals surface area (Å²) < 4.78 is 4.99. The van der Waals surface area contributed by atoms with Crippen molar-refractivity contribution >= 4 is 11.9 Å². The van der Waals surface area contributed by atoms with Gasteiger partial charge in [-0.15, -0.1) is 0 Å². The summed E-state index contributed by atoms with van der Waals surface area (Å²) in [6.45, 7) is 8.50. The number of amides is 1. The maximum Gasteiger partial charge on any atom is 0.307 e. The quantitative estimate of drug-likeness (QED) is 0.777. The molecule has 5 nitrogen and oxygen atoms in total. The molecule has 0 aromatic carbocycles. The van der Waals surface area contributed by atoms with Crippen molar-refractivity contribution in [3.8, 4) is 0 Å². The molecule has 2 atom stereocenters. The summed E-state index contributed by atoms with van der Waals surface area (Å²) in [4.78, 5) is 25.2. The van der Waals surface area contributed by atoms with Crippen molar-refractivity contribution in [2.75, 3.05) is 20.3 Å². The molecule has 1 rings (SSSR count). The molecule has 0 aliphatic heterocycles. The minimum absolute atomic E-state index is 0.0542. The van der Waals surface area contributed by atoms with E-state index in [1.165, 1.54) is 0 Å². The highest BCUT2D eigenvalue weighted by Crippen LogP contribution is 2.59. The minimum atomic E-state index is -0.881. The number of hydrogen-bond donors (Lipinski definition) is 1. The van der Waals surface area contributed by atoms with Crippen LogP contribution in [0.15, 0.2) is 0 Å². The molecule has 1 aliphatic rings. The normalized spacial score (nSPS) is 25.0. The highest BCUT2D eigenvalue weighted by molar-refractivity contribution is 5.91. The molecule has 0 aromatic heterocycles. The van der Waals surface area contributed by atoms with Crippen LogP contribution in [-0.4, -0.2) is 48.2 Å². The number of rotatable bonds is 6. The van der Waals surface area contributed by atoms with Gasteiger partial charge in [-0.25, -0.2) is 0 Å². The summed E-state index contributed by atoms with van der Waals surface area (Å²) in [5.41, 5.74) is -0.441. The van der Waals surface area contributed by atoms with Gasteiger partial charge in [0.15, 0.2) is 0 Å². The molecule has 2 unspecified atom stereocenters. The zero-order valence-corrected chi connectivity index (χ0v) is 11.8. The monoisotopic (exact) mass is 257 g/mol. The van der Waals surface area contributed by atoms with E-state index in [9.17, 15) is 9.59 Å². The first-order valence-corrected chi connectivity index (χ1v) is 6.27. The zero-order valence-electron chi connectivity index (χ0n) is 11.8. The second-order valence-electron chi connectivity index (χ2n) is 5.73. The van der Waals surface area contributed by atoms with E-state index in [0.717, 1.165) is 0 Å². The molecule has 1 fully saturated rings. The third-order valence-corrected chi connectivity index (χ3v) is 3.80. The first-order chi connectivity index (χ1) is 8.25. The Hall–Kier alpha value is -1.10. The molecule has 1 N–H and O–H groups in total. The molecule has 18 heavy (non-hydrogen) atoms. The summed E-state index contributed by atoms with van der Waals surface area (Å²) in [7, 11) is 1.59. The molecular formula is C13H23NO4. The second-order valence-corrected chi connectivity index (χ2v) is 5.73. The van der Waals surface area contributed by atoms with E-state index < -0.39 is 23.2 Å². The van der Waals surface area contributed by atoms with Gasteiger partial charge in [-0.05, 0) is 19.3 Å². The fraction of sp³-hybridized carbons (Fsp3) is 0.846. The van der Waals surface area contributed by atoms with E-state index in [0.29, 0.717) is 13.2 Å². The molecule has 0 heterocycles. The van der Waals surface area contributed by atoms with Gasteiger partial charge in [-0.3, -0.25) is 9.59 Å². The van der Waals surface area contributed by atoms with Crippen LogP contribution in [0.1, 0.15) is 27.7 Å². The summed E-state index contributed by atoms with van der Waals surface area (Å²) in [5.74, 6) is -1.92. The molecule has 1 amide bonds. The van der Waals surface area contributed by atoms with Gasteiger partial charge in [0.1, 0.15) is 0 Å². The number of carboxylic acid groups (broad SMARTS) is 1. The van der Waals surface area contributed by atoms with E-state index in [4.69, 9.17) is 9.84 Å². The zero-order chi connectivity index (χ0) is 14.1. The average Bonchev–Trinajstić information content (AvgIpc) is 2.81. The Balaban J connectivity index is 2.76. The van der Waals surface area contributed by atoms with Crippen LogP contribution in [-0.2, 0) is 14.3 Å². The maximum atomic E-state index is 12.4. The van der Waals surface area contributed by atoms with Crippen LogP contribution >= 0.6 is 0 Å². The van der Waals surface area contributed by atoms with Crippen molar-refractivity contribution in [2.24, 2.45) is 17.3 Å². The van der Waals surface area contributed by atoms with E-state index >= 15 is 0 Å². The average molecular weight is 257 g/mol. The summed E-state index contributed by atoms with van der Waals surface area (Å²) in [5, 5.41) is 9.11. The lowest BCUT2D eigenvalue weighted by molar-refractivity contribution is -0.142. The molecule has 1 saturated carbocycles. The molecule has 0 aromatic rings. The fourth-order valence-corrected chi connectivity index (χ4v) is 2.55. The maximum absolute atomic E-state index is 12.4. The van der Waals surface area contributed by atoms with E-state index in [2.05, 4.69) is 0 Å². The van der Waals surface area contributed by atoms with Crippen LogP contribution in [0.5, 0.6) is 0 Å². The number of hydrogen-bond acceptors (Lipinski definition) is 3. The molecular weight excluding hydrogens is 234 g/mol. The highest BCUT2D eigenvalue weighted by Gasteiger charge is 2.66. The van der Waals surface area contributed by atoms with Crippen molar-refractivity contribution in [1.29, 1.82) is 0 Å². The highest BCUT2D eigenvalue weighted by atomic mass is 16.5. The Morgan fingerprint density at radius 2 is 1.89 bits per heavy atom. The van der Waals surface area contributed by atoms with Crippen molar-refractivity contribution in [1.82, 2.24) is 4.90 Å². The Kier molecular flexibility index (Phi) is 4.37. The number of carbonyl (C=O) groups excluding carboxylic acids is 1. The molecule has 0 radical (unpaired) electrons. The number of ether oxygens (including phenoxy) is 1. The minimum Gasteiger partial charge on any atom is -0.481 e. The topological polar surface area (TPSA) is 66.8 Å². The molecule has 104 valence electrons. The predicted molar refractivity (Wildman–Crippen MR) is 67.1 cm³/mol. The lowest BCUT2D eigenvalue weighted by atomic mass is 10.1. The molecule has 0 saturated heterocycles. The Bertz CT molecular complexity index is 338. The molecule has 0 spiro atoms. The second kappa shape index (κ2) is 5.26. The lowest BCUT2D eigenvalue weighted by Crippen LogP contribution is -2.41. The van der Waals surface area contributed by atoms with Gasteiger partial charge in [-0.1, -0.05) is 13.8 Å². The van der Waals surface area contributed by atoms with Gasteiger partial charge in [-0.2, -0.15) is 0 Å². The van der Waals surface area contributed by atoms with Crippen LogP contribution in [0, 0.1) is 17.3 Å². The Morgan fingerprint density at radius 1 is 1.33 bits per heavy atom. The third kappa shape index (κ3) is 2.66. The third-order valence-electron chi connectivity index (χ3n) is 3.80. The van der Waals surface area contributed by atoms with Crippen molar-refractivity contribution in [3.63, 3.8) is 0 Å². The number of aliphatic carboxylic acids is 1. The standard InChI is InChI=1S/C13H23NO4/c1-8(2)14(6-7-18-5)11(15)9-10(12(16)17)13(9,3)4/h8-10H,6-7H2,1-5H3,(H,16,17). The van der Waals surface area contributed by atoms with Gasteiger partial charge in [0, 0.05) is 19.7 Å². The van der Waals surface area contributed by atoms with E-state index in [1.54, 1.807) is 12.0 Å². The van der Waals surface area contributed by atoms with Crippen LogP contribution in [0.2, 0.25) is 0 Å². The summed E-state index contributed by atoms with van der Waals surface area (Å²) >= 11 is 0. The SMILES string of the molecule is COCCN(C(=O)C1C(C(=O)O)C1(C)C)C(C)C. The van der Waals surface area contributed by atoms with Crippen LogP contribution in [0.25, 0.3) is 0 Å². The number of nitrogens with zero attached hydrogens (tertiary/aromatic N) is 1. The molecule has 0 bridgehead atoms. The fourth-order valence-electron chi connectivity index (χ4n) is 2.55. The van der Waals surface area contributed by atoms with Crippen molar-refractivity contribution in [2.45, 2.75) is 33.7 Å². The number of methoxy groups -OCH3 is 1. The van der Waals surface area contributed by atoms with Crippen molar-refractivity contribution < 1.29 is 19.4 Å². The summed E-state index contributed by atoms with van der Waals surface area (Å²) in [6.07, 6.45) is 0. The lowest BCUT2D eigenvalue weighted by Gasteiger charge is -2.27. The van der Waals surface area contributed by atoms with Gasteiger partial charge >= 0.3 is 5.97 Å². The van der Waals surface area contributed by atoms with E-state index in [-0.39, 0.29) is 11.9 Å². The number of carbonyl (C=O) groups is 2. The largest absolute Gasteiger partial charge is 0.481 e. The van der Waals surface area contributed by atoms with Gasteiger partial charge in [0.05, 0.1) is 18.4 Å². The number of carboxylic acids is 1. The Morgan fingerprint density at radius 3 is 2.22 bits per heavy atom. The first kappa shape index (κ1) is 15.0. The van der Waals surface area contributed by atoms with Crippen molar-refractivity contribution in [3.05, 3.63) is 0 Å². The smallest absolute Gasteiger partial charge is 0.307 e. The first-order valence-electron chi connectivity index (χ1n) is 6.27. The van der Waals surface area contributed by atoms with Crippen LogP contribution < -0.4 is 0 Å². The molecule has 5 heteroatoms. The van der Waals surface area contributed by atoms with Crippen LogP contribution in [0.4, 0.5) is 0 Å². The van der Waals surface area contributed by atoms with Gasteiger partial charge in [0.2, 0.25) is 5.91 Å². The predicted octanol–water partition coefficient (Wildman–Crippen LogP) is 1.23. The van der Waals surface area contributed by atoms with Gasteiger partial charge < -0.3 is 14.7 Å².